The van der Waals surface area contributed by atoms with Crippen LogP contribution in [0.4, 0.5) is 17.1 Å². The first-order chi connectivity index (χ1) is 32.0. The minimum absolute atomic E-state index is 0.0999. The number of fused-ring (bicyclic) bond motifs is 6. The van der Waals surface area contributed by atoms with Gasteiger partial charge in [0.05, 0.1) is 16.7 Å². The summed E-state index contributed by atoms with van der Waals surface area (Å²) in [6.45, 7) is 4.71. The number of benzene rings is 10. The Balaban J connectivity index is 1.07. The Kier molecular flexibility index (Phi) is 9.21. The lowest BCUT2D eigenvalue weighted by Crippen LogP contribution is -2.15. The van der Waals surface area contributed by atoms with Gasteiger partial charge in [-0.1, -0.05) is 202 Å². The summed E-state index contributed by atoms with van der Waals surface area (Å²) in [4.78, 5) is 2.48. The molecule has 12 rings (SSSR count). The van der Waals surface area contributed by atoms with Crippen LogP contribution in [-0.2, 0) is 5.41 Å². The van der Waals surface area contributed by atoms with Gasteiger partial charge in [-0.3, -0.25) is 0 Å². The van der Waals surface area contributed by atoms with E-state index in [1.807, 2.05) is 0 Å². The van der Waals surface area contributed by atoms with Gasteiger partial charge in [0.2, 0.25) is 0 Å². The van der Waals surface area contributed by atoms with Crippen LogP contribution in [0, 0.1) is 0 Å². The van der Waals surface area contributed by atoms with E-state index in [4.69, 9.17) is 0 Å². The van der Waals surface area contributed by atoms with Crippen LogP contribution in [0.5, 0.6) is 0 Å². The monoisotopic (exact) mass is 830 g/mol. The van der Waals surface area contributed by atoms with Crippen molar-refractivity contribution in [3.8, 4) is 61.3 Å². The van der Waals surface area contributed by atoms with E-state index < -0.39 is 0 Å². The third-order valence-corrected chi connectivity index (χ3v) is 13.6. The van der Waals surface area contributed by atoms with Gasteiger partial charge in [0.25, 0.3) is 0 Å². The van der Waals surface area contributed by atoms with Crippen molar-refractivity contribution in [1.82, 2.24) is 4.57 Å². The highest BCUT2D eigenvalue weighted by atomic mass is 15.1. The Labute approximate surface area is 381 Å². The maximum absolute atomic E-state index is 2.48. The molecule has 10 aromatic carbocycles. The molecule has 0 amide bonds. The summed E-state index contributed by atoms with van der Waals surface area (Å²) in [6, 6.07) is 88.9. The number of anilines is 3. The molecule has 0 N–H and O–H groups in total. The van der Waals surface area contributed by atoms with Crippen LogP contribution in [-0.4, -0.2) is 4.57 Å². The average molecular weight is 831 g/mol. The van der Waals surface area contributed by atoms with E-state index in [0.717, 1.165) is 28.3 Å². The molecule has 2 heteroatoms. The molecular formula is C63H46N2. The van der Waals surface area contributed by atoms with Crippen LogP contribution in [0.1, 0.15) is 25.0 Å². The number of hydrogen-bond donors (Lipinski definition) is 0. The molecule has 0 bridgehead atoms. The lowest BCUT2D eigenvalue weighted by molar-refractivity contribution is 0.660. The minimum Gasteiger partial charge on any atom is -0.310 e. The van der Waals surface area contributed by atoms with E-state index in [9.17, 15) is 0 Å². The Hall–Kier alpha value is -8.20. The molecule has 1 aliphatic carbocycles. The predicted molar refractivity (Wildman–Crippen MR) is 275 cm³/mol. The fourth-order valence-electron chi connectivity index (χ4n) is 10.5. The molecule has 1 heterocycles. The Morgan fingerprint density at radius 1 is 0.338 bits per heavy atom. The van der Waals surface area contributed by atoms with Gasteiger partial charge in [-0.05, 0) is 116 Å². The smallest absolute Gasteiger partial charge is 0.0547 e. The molecule has 2 nitrogen and oxygen atoms in total. The summed E-state index contributed by atoms with van der Waals surface area (Å²) in [6.07, 6.45) is 0. The molecule has 0 spiro atoms. The predicted octanol–water partition coefficient (Wildman–Crippen LogP) is 17.2. The van der Waals surface area contributed by atoms with E-state index in [-0.39, 0.29) is 5.41 Å². The molecule has 0 saturated heterocycles. The normalized spacial score (nSPS) is 12.6. The van der Waals surface area contributed by atoms with Gasteiger partial charge in [0, 0.05) is 38.8 Å². The van der Waals surface area contributed by atoms with Gasteiger partial charge in [0.1, 0.15) is 0 Å². The van der Waals surface area contributed by atoms with Crippen molar-refractivity contribution in [2.75, 3.05) is 4.90 Å². The second-order valence-corrected chi connectivity index (χ2v) is 17.7. The largest absolute Gasteiger partial charge is 0.310 e. The molecule has 0 saturated carbocycles. The van der Waals surface area contributed by atoms with E-state index in [0.29, 0.717) is 0 Å². The topological polar surface area (TPSA) is 8.17 Å². The van der Waals surface area contributed by atoms with Crippen LogP contribution >= 0.6 is 0 Å². The lowest BCUT2D eigenvalue weighted by Gasteiger charge is -2.31. The molecule has 65 heavy (non-hydrogen) atoms. The standard InChI is InChI=1S/C63H46N2/c1-63(2)57-30-16-14-26-52(57)56-42-49(38-40-58(56)63)64(60-32-18-29-51(45-21-8-4-9-22-45)62(60)55-28-13-12-25-50(55)44-19-6-3-7-20-44)48-36-33-43(34-37-48)46-35-39-54-53-27-15-17-31-59(53)65(61(54)41-46)47-23-10-5-11-24-47/h3-42H,1-2H3. The first-order valence-electron chi connectivity index (χ1n) is 22.6. The number of aromatic nitrogens is 1. The second kappa shape index (κ2) is 15.6. The number of para-hydroxylation sites is 2. The van der Waals surface area contributed by atoms with Crippen molar-refractivity contribution in [2.45, 2.75) is 19.3 Å². The summed E-state index contributed by atoms with van der Waals surface area (Å²) in [7, 11) is 0. The highest BCUT2D eigenvalue weighted by Crippen LogP contribution is 2.53. The zero-order valence-corrected chi connectivity index (χ0v) is 36.5. The fourth-order valence-corrected chi connectivity index (χ4v) is 10.5. The zero-order chi connectivity index (χ0) is 43.5. The van der Waals surface area contributed by atoms with Gasteiger partial charge in [-0.15, -0.1) is 0 Å². The molecule has 11 aromatic rings. The summed E-state index contributed by atoms with van der Waals surface area (Å²) in [5.74, 6) is 0. The van der Waals surface area contributed by atoms with Gasteiger partial charge < -0.3 is 9.47 Å². The fraction of sp³-hybridized carbons (Fsp3) is 0.0476. The lowest BCUT2D eigenvalue weighted by atomic mass is 9.82. The molecule has 0 aliphatic heterocycles. The first-order valence-corrected chi connectivity index (χ1v) is 22.6. The van der Waals surface area contributed by atoms with Crippen molar-refractivity contribution in [2.24, 2.45) is 0 Å². The molecule has 1 aromatic heterocycles. The second-order valence-electron chi connectivity index (χ2n) is 17.7. The van der Waals surface area contributed by atoms with Gasteiger partial charge >= 0.3 is 0 Å². The third-order valence-electron chi connectivity index (χ3n) is 13.6. The quantitative estimate of drug-likeness (QED) is 0.148. The number of hydrogen-bond acceptors (Lipinski definition) is 1. The van der Waals surface area contributed by atoms with E-state index >= 15 is 0 Å². The minimum atomic E-state index is -0.0999. The SMILES string of the molecule is CC1(C)c2ccccc2-c2cc(N(c3ccc(-c4ccc5c6ccccc6n(-c6ccccc6)c5c4)cc3)c3cccc(-c4ccccc4)c3-c3ccccc3-c3ccccc3)ccc21. The van der Waals surface area contributed by atoms with Crippen molar-refractivity contribution >= 4 is 38.9 Å². The summed E-state index contributed by atoms with van der Waals surface area (Å²) in [5.41, 5.74) is 21.5. The first kappa shape index (κ1) is 38.5. The average Bonchev–Trinajstić information content (AvgIpc) is 3.82. The molecule has 0 fully saturated rings. The van der Waals surface area contributed by atoms with Crippen molar-refractivity contribution in [3.05, 3.63) is 254 Å². The van der Waals surface area contributed by atoms with Crippen LogP contribution in [0.25, 0.3) is 83.1 Å². The third kappa shape index (κ3) is 6.40. The maximum atomic E-state index is 2.48. The molecule has 0 unspecified atom stereocenters. The van der Waals surface area contributed by atoms with Crippen LogP contribution < -0.4 is 4.90 Å². The Morgan fingerprint density at radius 3 is 1.65 bits per heavy atom. The number of nitrogens with zero attached hydrogens (tertiary/aromatic N) is 2. The molecule has 0 atom stereocenters. The van der Waals surface area contributed by atoms with E-state index in [1.54, 1.807) is 0 Å². The Bertz CT molecular complexity index is 3550. The Morgan fingerprint density at radius 2 is 0.892 bits per heavy atom. The van der Waals surface area contributed by atoms with Crippen LogP contribution in [0.3, 0.4) is 0 Å². The molecular weight excluding hydrogens is 785 g/mol. The van der Waals surface area contributed by atoms with Gasteiger partial charge in [0.15, 0.2) is 0 Å². The maximum Gasteiger partial charge on any atom is 0.0547 e. The highest BCUT2D eigenvalue weighted by Gasteiger charge is 2.36. The van der Waals surface area contributed by atoms with Gasteiger partial charge in [-0.25, -0.2) is 0 Å². The van der Waals surface area contributed by atoms with Crippen molar-refractivity contribution in [1.29, 1.82) is 0 Å². The van der Waals surface area contributed by atoms with Crippen molar-refractivity contribution < 1.29 is 0 Å². The molecule has 308 valence electrons. The summed E-state index contributed by atoms with van der Waals surface area (Å²) in [5, 5.41) is 2.51. The van der Waals surface area contributed by atoms with E-state index in [2.05, 4.69) is 266 Å². The highest BCUT2D eigenvalue weighted by molar-refractivity contribution is 6.10. The molecule has 0 radical (unpaired) electrons. The number of rotatable bonds is 8. The summed E-state index contributed by atoms with van der Waals surface area (Å²) >= 11 is 0. The zero-order valence-electron chi connectivity index (χ0n) is 36.5. The molecule has 1 aliphatic rings. The van der Waals surface area contributed by atoms with E-state index in [1.165, 1.54) is 83.0 Å². The van der Waals surface area contributed by atoms with Crippen molar-refractivity contribution in [3.63, 3.8) is 0 Å². The van der Waals surface area contributed by atoms with Crippen LogP contribution in [0.15, 0.2) is 243 Å². The van der Waals surface area contributed by atoms with Crippen LogP contribution in [0.2, 0.25) is 0 Å². The summed E-state index contributed by atoms with van der Waals surface area (Å²) < 4.78 is 2.39. The van der Waals surface area contributed by atoms with Gasteiger partial charge in [-0.2, -0.15) is 0 Å².